The average molecular weight is 259 g/mol. The first kappa shape index (κ1) is 11.4. The average Bonchev–Trinajstić information content (AvgIpc) is 2.17. The van der Waals surface area contributed by atoms with Gasteiger partial charge in [-0.2, -0.15) is 0 Å². The smallest absolute Gasteiger partial charge is 0.140 e. The predicted octanol–water partition coefficient (Wildman–Crippen LogP) is 3.55. The molecule has 78 valence electrons. The van der Waals surface area contributed by atoms with Crippen molar-refractivity contribution in [2.24, 2.45) is 0 Å². The summed E-state index contributed by atoms with van der Waals surface area (Å²) in [6.45, 7) is 7.28. The number of halogens is 1. The second kappa shape index (κ2) is 5.25. The minimum Gasteiger partial charge on any atom is -0.493 e. The van der Waals surface area contributed by atoms with Crippen LogP contribution in [0.2, 0.25) is 0 Å². The van der Waals surface area contributed by atoms with Crippen molar-refractivity contribution in [3.05, 3.63) is 22.2 Å². The summed E-state index contributed by atoms with van der Waals surface area (Å²) in [5, 5.41) is 0. The van der Waals surface area contributed by atoms with Crippen LogP contribution in [0.4, 0.5) is 0 Å². The molecule has 2 nitrogen and oxygen atoms in total. The Morgan fingerprint density at radius 1 is 1.14 bits per heavy atom. The highest BCUT2D eigenvalue weighted by Crippen LogP contribution is 2.34. The Hall–Kier alpha value is -0.700. The van der Waals surface area contributed by atoms with Gasteiger partial charge in [-0.3, -0.25) is 0 Å². The van der Waals surface area contributed by atoms with Crippen LogP contribution < -0.4 is 9.47 Å². The van der Waals surface area contributed by atoms with Gasteiger partial charge >= 0.3 is 0 Å². The van der Waals surface area contributed by atoms with Gasteiger partial charge in [-0.25, -0.2) is 0 Å². The van der Waals surface area contributed by atoms with E-state index in [0.29, 0.717) is 13.2 Å². The van der Waals surface area contributed by atoms with Gasteiger partial charge in [0, 0.05) is 5.56 Å². The minimum atomic E-state index is 0.662. The van der Waals surface area contributed by atoms with Crippen molar-refractivity contribution in [3.8, 4) is 11.5 Å². The zero-order valence-electron chi connectivity index (χ0n) is 8.76. The predicted molar refractivity (Wildman–Crippen MR) is 61.2 cm³/mol. The Bertz CT molecular complexity index is 310. The van der Waals surface area contributed by atoms with E-state index in [2.05, 4.69) is 15.9 Å². The Morgan fingerprint density at radius 3 is 2.36 bits per heavy atom. The van der Waals surface area contributed by atoms with E-state index in [1.165, 1.54) is 0 Å². The summed E-state index contributed by atoms with van der Waals surface area (Å²) in [5.41, 5.74) is 1.04. The fourth-order valence-electron chi connectivity index (χ4n) is 1.27. The molecular formula is C11H15BrO2. The fraction of sp³-hybridized carbons (Fsp3) is 0.455. The maximum atomic E-state index is 5.53. The monoisotopic (exact) mass is 258 g/mol. The van der Waals surface area contributed by atoms with Crippen molar-refractivity contribution in [2.75, 3.05) is 13.2 Å². The SMILES string of the molecule is CCOc1ccc(Br)c(OCC)c1C. The molecule has 1 aromatic carbocycles. The van der Waals surface area contributed by atoms with E-state index in [-0.39, 0.29) is 0 Å². The summed E-state index contributed by atoms with van der Waals surface area (Å²) in [6.07, 6.45) is 0. The van der Waals surface area contributed by atoms with E-state index in [0.717, 1.165) is 21.5 Å². The molecule has 0 atom stereocenters. The van der Waals surface area contributed by atoms with Crippen LogP contribution in [0.3, 0.4) is 0 Å². The number of ether oxygens (including phenoxy) is 2. The largest absolute Gasteiger partial charge is 0.493 e. The van der Waals surface area contributed by atoms with Gasteiger partial charge in [-0.05, 0) is 48.8 Å². The summed E-state index contributed by atoms with van der Waals surface area (Å²) in [6, 6.07) is 3.90. The molecule has 0 heterocycles. The van der Waals surface area contributed by atoms with Crippen LogP contribution in [-0.2, 0) is 0 Å². The topological polar surface area (TPSA) is 18.5 Å². The number of hydrogen-bond donors (Lipinski definition) is 0. The fourth-order valence-corrected chi connectivity index (χ4v) is 1.82. The lowest BCUT2D eigenvalue weighted by Crippen LogP contribution is -1.99. The summed E-state index contributed by atoms with van der Waals surface area (Å²) in [5.74, 6) is 1.76. The van der Waals surface area contributed by atoms with Crippen LogP contribution in [0.15, 0.2) is 16.6 Å². The molecule has 1 aromatic rings. The molecule has 0 fully saturated rings. The van der Waals surface area contributed by atoms with Gasteiger partial charge in [0.15, 0.2) is 0 Å². The van der Waals surface area contributed by atoms with Crippen molar-refractivity contribution in [1.29, 1.82) is 0 Å². The second-order valence-corrected chi connectivity index (χ2v) is 3.72. The van der Waals surface area contributed by atoms with Crippen LogP contribution in [0.1, 0.15) is 19.4 Å². The molecule has 0 N–H and O–H groups in total. The zero-order chi connectivity index (χ0) is 10.6. The van der Waals surface area contributed by atoms with Gasteiger partial charge in [0.1, 0.15) is 11.5 Å². The first-order chi connectivity index (χ1) is 6.70. The maximum Gasteiger partial charge on any atom is 0.140 e. The summed E-state index contributed by atoms with van der Waals surface area (Å²) in [4.78, 5) is 0. The molecule has 1 rings (SSSR count). The number of hydrogen-bond acceptors (Lipinski definition) is 2. The Morgan fingerprint density at radius 2 is 1.79 bits per heavy atom. The van der Waals surface area contributed by atoms with Gasteiger partial charge in [-0.1, -0.05) is 0 Å². The van der Waals surface area contributed by atoms with E-state index < -0.39 is 0 Å². The molecule has 0 unspecified atom stereocenters. The van der Waals surface area contributed by atoms with Crippen LogP contribution in [0.25, 0.3) is 0 Å². The van der Waals surface area contributed by atoms with E-state index >= 15 is 0 Å². The molecule has 0 radical (unpaired) electrons. The van der Waals surface area contributed by atoms with Gasteiger partial charge in [0.25, 0.3) is 0 Å². The molecule has 0 amide bonds. The molecule has 14 heavy (non-hydrogen) atoms. The zero-order valence-corrected chi connectivity index (χ0v) is 10.3. The van der Waals surface area contributed by atoms with Crippen molar-refractivity contribution in [2.45, 2.75) is 20.8 Å². The van der Waals surface area contributed by atoms with Crippen molar-refractivity contribution >= 4 is 15.9 Å². The number of rotatable bonds is 4. The molecule has 0 aliphatic carbocycles. The van der Waals surface area contributed by atoms with Crippen molar-refractivity contribution < 1.29 is 9.47 Å². The minimum absolute atomic E-state index is 0.662. The van der Waals surface area contributed by atoms with Gasteiger partial charge in [0.2, 0.25) is 0 Å². The highest BCUT2D eigenvalue weighted by atomic mass is 79.9. The van der Waals surface area contributed by atoms with Crippen LogP contribution in [0, 0.1) is 6.92 Å². The lowest BCUT2D eigenvalue weighted by Gasteiger charge is -2.13. The van der Waals surface area contributed by atoms with Gasteiger partial charge in [0.05, 0.1) is 17.7 Å². The van der Waals surface area contributed by atoms with Crippen molar-refractivity contribution in [1.82, 2.24) is 0 Å². The molecular weight excluding hydrogens is 244 g/mol. The third-order valence-electron chi connectivity index (χ3n) is 1.90. The van der Waals surface area contributed by atoms with Crippen molar-refractivity contribution in [3.63, 3.8) is 0 Å². The quantitative estimate of drug-likeness (QED) is 0.823. The third-order valence-corrected chi connectivity index (χ3v) is 2.52. The highest BCUT2D eigenvalue weighted by Gasteiger charge is 2.09. The Kier molecular flexibility index (Phi) is 4.26. The molecule has 0 bridgehead atoms. The second-order valence-electron chi connectivity index (χ2n) is 2.87. The summed E-state index contributed by atoms with van der Waals surface area (Å²) >= 11 is 3.45. The van der Waals surface area contributed by atoms with Crippen LogP contribution in [0.5, 0.6) is 11.5 Å². The molecule has 3 heteroatoms. The van der Waals surface area contributed by atoms with E-state index in [1.807, 2.05) is 32.9 Å². The lowest BCUT2D eigenvalue weighted by molar-refractivity contribution is 0.317. The molecule has 0 aromatic heterocycles. The molecule has 0 saturated carbocycles. The number of benzene rings is 1. The molecule has 0 spiro atoms. The van der Waals surface area contributed by atoms with Crippen LogP contribution in [-0.4, -0.2) is 13.2 Å². The standard InChI is InChI=1S/C11H15BrO2/c1-4-13-10-7-6-9(12)11(8(10)3)14-5-2/h6-7H,4-5H2,1-3H3. The van der Waals surface area contributed by atoms with E-state index in [4.69, 9.17) is 9.47 Å². The maximum absolute atomic E-state index is 5.53. The van der Waals surface area contributed by atoms with E-state index in [9.17, 15) is 0 Å². The van der Waals surface area contributed by atoms with Gasteiger partial charge in [-0.15, -0.1) is 0 Å². The van der Waals surface area contributed by atoms with Gasteiger partial charge < -0.3 is 9.47 Å². The molecule has 0 aliphatic rings. The first-order valence-corrected chi connectivity index (χ1v) is 5.54. The van der Waals surface area contributed by atoms with Crippen LogP contribution >= 0.6 is 15.9 Å². The lowest BCUT2D eigenvalue weighted by atomic mass is 10.2. The molecule has 0 aliphatic heterocycles. The Labute approximate surface area is 93.4 Å². The molecule has 0 saturated heterocycles. The first-order valence-electron chi connectivity index (χ1n) is 4.75. The summed E-state index contributed by atoms with van der Waals surface area (Å²) < 4.78 is 12.0. The Balaban J connectivity index is 3.05. The highest BCUT2D eigenvalue weighted by molar-refractivity contribution is 9.10. The normalized spacial score (nSPS) is 10.0. The van der Waals surface area contributed by atoms with E-state index in [1.54, 1.807) is 0 Å². The summed E-state index contributed by atoms with van der Waals surface area (Å²) in [7, 11) is 0. The third kappa shape index (κ3) is 2.41.